The lowest BCUT2D eigenvalue weighted by atomic mass is 10.2. The van der Waals surface area contributed by atoms with E-state index in [0.29, 0.717) is 11.3 Å². The highest BCUT2D eigenvalue weighted by Crippen LogP contribution is 2.14. The first-order chi connectivity index (χ1) is 9.56. The molecule has 0 fully saturated rings. The number of hydrogen-bond donors (Lipinski definition) is 3. The molecular weight excluding hydrogens is 277 g/mol. The molecule has 0 aliphatic carbocycles. The Balaban J connectivity index is 2.01. The molecule has 0 bridgehead atoms. The minimum Gasteiger partial charge on any atom is -0.389 e. The summed E-state index contributed by atoms with van der Waals surface area (Å²) in [4.78, 5) is 12.0. The number of anilines is 2. The average Bonchev–Trinajstić information content (AvgIpc) is 2.42. The predicted molar refractivity (Wildman–Crippen MR) is 81.4 cm³/mol. The van der Waals surface area contributed by atoms with Gasteiger partial charge in [-0.3, -0.25) is 0 Å². The summed E-state index contributed by atoms with van der Waals surface area (Å²) in [6.07, 6.45) is 0. The number of carbonyl (C=O) groups is 1. The molecule has 0 unspecified atom stereocenters. The Labute approximate surface area is 120 Å². The highest BCUT2D eigenvalue weighted by atomic mass is 32.1. The third-order valence-electron chi connectivity index (χ3n) is 2.55. The van der Waals surface area contributed by atoms with Crippen molar-refractivity contribution in [3.05, 3.63) is 59.9 Å². The highest BCUT2D eigenvalue weighted by Gasteiger charge is 2.06. The van der Waals surface area contributed by atoms with Crippen molar-refractivity contribution in [2.24, 2.45) is 5.73 Å². The van der Waals surface area contributed by atoms with Gasteiger partial charge in [-0.05, 0) is 36.4 Å². The van der Waals surface area contributed by atoms with E-state index in [1.54, 1.807) is 36.4 Å². The molecule has 0 atom stereocenters. The van der Waals surface area contributed by atoms with E-state index in [2.05, 4.69) is 10.6 Å². The molecule has 0 aliphatic heterocycles. The van der Waals surface area contributed by atoms with Crippen LogP contribution in [0.3, 0.4) is 0 Å². The Morgan fingerprint density at radius 2 is 1.70 bits per heavy atom. The van der Waals surface area contributed by atoms with Crippen LogP contribution in [0.5, 0.6) is 0 Å². The first-order valence-electron chi connectivity index (χ1n) is 5.78. The predicted octanol–water partition coefficient (Wildman–Crippen LogP) is 3.10. The van der Waals surface area contributed by atoms with Crippen LogP contribution in [0, 0.1) is 5.82 Å². The van der Waals surface area contributed by atoms with E-state index in [4.69, 9.17) is 18.0 Å². The number of amides is 2. The van der Waals surface area contributed by atoms with Crippen LogP contribution in [0.25, 0.3) is 0 Å². The van der Waals surface area contributed by atoms with Crippen molar-refractivity contribution < 1.29 is 9.18 Å². The summed E-state index contributed by atoms with van der Waals surface area (Å²) in [7, 11) is 0. The lowest BCUT2D eigenvalue weighted by Gasteiger charge is -2.08. The van der Waals surface area contributed by atoms with Crippen LogP contribution in [-0.4, -0.2) is 11.0 Å². The number of para-hydroxylation sites is 1. The molecule has 0 spiro atoms. The molecule has 0 heterocycles. The molecule has 4 nitrogen and oxygen atoms in total. The molecule has 2 rings (SSSR count). The molecule has 0 saturated heterocycles. The van der Waals surface area contributed by atoms with Gasteiger partial charge in [-0.2, -0.15) is 0 Å². The second-order valence-electron chi connectivity index (χ2n) is 4.00. The van der Waals surface area contributed by atoms with Crippen LogP contribution in [-0.2, 0) is 0 Å². The number of rotatable bonds is 3. The Morgan fingerprint density at radius 1 is 1.05 bits per heavy atom. The molecule has 0 radical (unpaired) electrons. The minimum absolute atomic E-state index is 0.116. The van der Waals surface area contributed by atoms with E-state index >= 15 is 0 Å². The van der Waals surface area contributed by atoms with Crippen LogP contribution in [0.15, 0.2) is 48.5 Å². The first-order valence-corrected chi connectivity index (χ1v) is 6.19. The molecule has 102 valence electrons. The maximum Gasteiger partial charge on any atom is 0.323 e. The van der Waals surface area contributed by atoms with Gasteiger partial charge in [0.2, 0.25) is 0 Å². The van der Waals surface area contributed by atoms with Crippen LogP contribution in [0.1, 0.15) is 5.56 Å². The zero-order valence-electron chi connectivity index (χ0n) is 10.4. The summed E-state index contributed by atoms with van der Waals surface area (Å²) < 4.78 is 13.4. The minimum atomic E-state index is -0.529. The summed E-state index contributed by atoms with van der Waals surface area (Å²) in [5.41, 5.74) is 6.85. The van der Waals surface area contributed by atoms with E-state index in [9.17, 15) is 9.18 Å². The fraction of sp³-hybridized carbons (Fsp3) is 0. The number of benzene rings is 2. The van der Waals surface area contributed by atoms with Crippen LogP contribution < -0.4 is 16.4 Å². The number of urea groups is 1. The zero-order valence-corrected chi connectivity index (χ0v) is 11.2. The second-order valence-corrected chi connectivity index (χ2v) is 4.44. The number of halogens is 1. The van der Waals surface area contributed by atoms with E-state index < -0.39 is 11.8 Å². The van der Waals surface area contributed by atoms with Crippen molar-refractivity contribution in [1.82, 2.24) is 0 Å². The van der Waals surface area contributed by atoms with Crippen LogP contribution in [0.4, 0.5) is 20.6 Å². The number of thiocarbonyl (C=S) groups is 1. The number of nitrogens with one attached hydrogen (secondary N) is 2. The molecular formula is C14H12FN3OS. The molecule has 20 heavy (non-hydrogen) atoms. The molecule has 0 saturated carbocycles. The summed E-state index contributed by atoms with van der Waals surface area (Å²) in [6.45, 7) is 0. The Bertz CT molecular complexity index is 643. The monoisotopic (exact) mass is 289 g/mol. The first kappa shape index (κ1) is 14.0. The Morgan fingerprint density at radius 3 is 2.30 bits per heavy atom. The largest absolute Gasteiger partial charge is 0.389 e. The second kappa shape index (κ2) is 6.12. The maximum absolute atomic E-state index is 13.4. The van der Waals surface area contributed by atoms with Gasteiger partial charge in [0.15, 0.2) is 0 Å². The molecule has 4 N–H and O–H groups in total. The average molecular weight is 289 g/mol. The molecule has 2 aromatic rings. The van der Waals surface area contributed by atoms with E-state index in [-0.39, 0.29) is 10.7 Å². The number of hydrogen-bond acceptors (Lipinski definition) is 2. The third kappa shape index (κ3) is 3.52. The van der Waals surface area contributed by atoms with E-state index in [1.807, 2.05) is 0 Å². The quantitative estimate of drug-likeness (QED) is 0.761. The van der Waals surface area contributed by atoms with Crippen molar-refractivity contribution in [1.29, 1.82) is 0 Å². The molecule has 6 heteroatoms. The lowest BCUT2D eigenvalue weighted by Crippen LogP contribution is -2.20. The number of carbonyl (C=O) groups excluding carboxylic acids is 1. The summed E-state index contributed by atoms with van der Waals surface area (Å²) in [5.74, 6) is -0.494. The van der Waals surface area contributed by atoms with Gasteiger partial charge in [-0.15, -0.1) is 0 Å². The SMILES string of the molecule is NC(=S)c1ccc(NC(=O)Nc2ccccc2F)cc1. The van der Waals surface area contributed by atoms with Crippen molar-refractivity contribution in [2.45, 2.75) is 0 Å². The summed E-state index contributed by atoms with van der Waals surface area (Å²) in [6, 6.07) is 12.1. The van der Waals surface area contributed by atoms with E-state index in [1.165, 1.54) is 12.1 Å². The van der Waals surface area contributed by atoms with Crippen LogP contribution >= 0.6 is 12.2 Å². The van der Waals surface area contributed by atoms with Gasteiger partial charge in [0.1, 0.15) is 10.8 Å². The van der Waals surface area contributed by atoms with Crippen LogP contribution in [0.2, 0.25) is 0 Å². The summed E-state index contributed by atoms with van der Waals surface area (Å²) >= 11 is 4.83. The smallest absolute Gasteiger partial charge is 0.323 e. The maximum atomic E-state index is 13.4. The molecule has 0 aliphatic rings. The molecule has 2 aromatic carbocycles. The van der Waals surface area contributed by atoms with Gasteiger partial charge in [-0.25, -0.2) is 9.18 Å². The number of nitrogens with two attached hydrogens (primary N) is 1. The standard InChI is InChI=1S/C14H12FN3OS/c15-11-3-1-2-4-12(11)18-14(19)17-10-7-5-9(6-8-10)13(16)20/h1-8H,(H2,16,20)(H2,17,18,19). The molecule has 0 aromatic heterocycles. The topological polar surface area (TPSA) is 67.1 Å². The van der Waals surface area contributed by atoms with Crippen molar-refractivity contribution in [2.75, 3.05) is 10.6 Å². The zero-order chi connectivity index (χ0) is 14.5. The van der Waals surface area contributed by atoms with Crippen molar-refractivity contribution in [3.63, 3.8) is 0 Å². The van der Waals surface area contributed by atoms with Gasteiger partial charge in [0.25, 0.3) is 0 Å². The van der Waals surface area contributed by atoms with Gasteiger partial charge < -0.3 is 16.4 Å². The van der Waals surface area contributed by atoms with Gasteiger partial charge in [0, 0.05) is 11.3 Å². The fourth-order valence-electron chi connectivity index (χ4n) is 1.57. The fourth-order valence-corrected chi connectivity index (χ4v) is 1.70. The Kier molecular flexibility index (Phi) is 4.27. The normalized spacial score (nSPS) is 9.85. The van der Waals surface area contributed by atoms with Gasteiger partial charge in [0.05, 0.1) is 5.69 Å². The Hall–Kier alpha value is -2.47. The van der Waals surface area contributed by atoms with Crippen molar-refractivity contribution in [3.8, 4) is 0 Å². The van der Waals surface area contributed by atoms with Gasteiger partial charge in [-0.1, -0.05) is 24.4 Å². The van der Waals surface area contributed by atoms with E-state index in [0.717, 1.165) is 0 Å². The lowest BCUT2D eigenvalue weighted by molar-refractivity contribution is 0.262. The summed E-state index contributed by atoms with van der Waals surface area (Å²) in [5, 5.41) is 5.00. The molecule has 2 amide bonds. The van der Waals surface area contributed by atoms with Crippen molar-refractivity contribution >= 4 is 34.6 Å². The highest BCUT2D eigenvalue weighted by molar-refractivity contribution is 7.80. The third-order valence-corrected chi connectivity index (χ3v) is 2.79. The van der Waals surface area contributed by atoms with Gasteiger partial charge >= 0.3 is 6.03 Å².